The number of aliphatic hydroxyl groups is 1. The molecule has 2 rings (SSSR count). The second kappa shape index (κ2) is 2.94. The summed E-state index contributed by atoms with van der Waals surface area (Å²) in [6, 6.07) is 0. The van der Waals surface area contributed by atoms with E-state index in [1.54, 1.807) is 0 Å². The molecule has 1 N–H and O–H groups in total. The van der Waals surface area contributed by atoms with Gasteiger partial charge >= 0.3 is 0 Å². The summed E-state index contributed by atoms with van der Waals surface area (Å²) in [4.78, 5) is 0. The minimum Gasteiger partial charge on any atom is -0.396 e. The molecule has 0 aliphatic carbocycles. The molecule has 0 atom stereocenters. The molecule has 3 heteroatoms. The molecule has 0 unspecified atom stereocenters. The fourth-order valence-corrected chi connectivity index (χ4v) is 2.71. The van der Waals surface area contributed by atoms with Crippen LogP contribution in [-0.2, 0) is 9.47 Å². The van der Waals surface area contributed by atoms with Gasteiger partial charge in [0.1, 0.15) is 0 Å². The van der Waals surface area contributed by atoms with E-state index in [-0.39, 0.29) is 22.9 Å². The van der Waals surface area contributed by atoms with Gasteiger partial charge in [-0.15, -0.1) is 0 Å². The van der Waals surface area contributed by atoms with Crippen LogP contribution in [0.1, 0.15) is 20.8 Å². The van der Waals surface area contributed by atoms with E-state index in [9.17, 15) is 5.11 Å². The number of hydrogen-bond acceptors (Lipinski definition) is 3. The molecule has 3 nitrogen and oxygen atoms in total. The Hall–Kier alpha value is -0.120. The van der Waals surface area contributed by atoms with Gasteiger partial charge in [-0.3, -0.25) is 0 Å². The van der Waals surface area contributed by atoms with Crippen LogP contribution in [0.5, 0.6) is 0 Å². The highest BCUT2D eigenvalue weighted by molar-refractivity contribution is 5.10. The molecule has 0 bridgehead atoms. The number of rotatable bonds is 2. The normalized spacial score (nSPS) is 29.1. The third kappa shape index (κ3) is 1.03. The molecule has 0 radical (unpaired) electrons. The van der Waals surface area contributed by atoms with Crippen LogP contribution in [0, 0.1) is 16.2 Å². The van der Waals surface area contributed by atoms with Crippen LogP contribution in [-0.4, -0.2) is 38.1 Å². The Morgan fingerprint density at radius 2 is 1.57 bits per heavy atom. The molecule has 0 spiro atoms. The van der Waals surface area contributed by atoms with Crippen LogP contribution in [0.25, 0.3) is 0 Å². The van der Waals surface area contributed by atoms with Crippen molar-refractivity contribution < 1.29 is 14.6 Å². The van der Waals surface area contributed by atoms with Gasteiger partial charge < -0.3 is 14.6 Å². The maximum absolute atomic E-state index is 9.56. The lowest BCUT2D eigenvalue weighted by Crippen LogP contribution is -2.70. The number of ether oxygens (including phenoxy) is 2. The van der Waals surface area contributed by atoms with Crippen molar-refractivity contribution in [3.05, 3.63) is 0 Å². The van der Waals surface area contributed by atoms with Crippen molar-refractivity contribution >= 4 is 0 Å². The molecule has 2 fully saturated rings. The molecule has 2 aliphatic rings. The van der Waals surface area contributed by atoms with Gasteiger partial charge in [-0.25, -0.2) is 0 Å². The van der Waals surface area contributed by atoms with Crippen LogP contribution >= 0.6 is 0 Å². The van der Waals surface area contributed by atoms with Gasteiger partial charge in [0.25, 0.3) is 0 Å². The predicted octanol–water partition coefficient (Wildman–Crippen LogP) is 1.06. The summed E-state index contributed by atoms with van der Waals surface area (Å²) in [6.45, 7) is 9.80. The topological polar surface area (TPSA) is 38.7 Å². The van der Waals surface area contributed by atoms with E-state index in [2.05, 4.69) is 20.8 Å². The molecule has 2 aliphatic heterocycles. The summed E-state index contributed by atoms with van der Waals surface area (Å²) in [5, 5.41) is 9.56. The van der Waals surface area contributed by atoms with E-state index >= 15 is 0 Å². The Morgan fingerprint density at radius 1 is 1.07 bits per heavy atom. The molecule has 0 saturated carbocycles. The SMILES string of the molecule is CC(C)(C)C1(C2(CO)COC2)COC1. The molecule has 0 aromatic carbocycles. The van der Waals surface area contributed by atoms with E-state index < -0.39 is 0 Å². The van der Waals surface area contributed by atoms with Gasteiger partial charge in [-0.05, 0) is 5.41 Å². The minimum absolute atomic E-state index is 0.0521. The van der Waals surface area contributed by atoms with E-state index in [4.69, 9.17) is 9.47 Å². The molecular weight excluding hydrogens is 180 g/mol. The van der Waals surface area contributed by atoms with Gasteiger partial charge in [0.05, 0.1) is 38.4 Å². The highest BCUT2D eigenvalue weighted by atomic mass is 16.5. The highest BCUT2D eigenvalue weighted by Gasteiger charge is 2.64. The third-order valence-electron chi connectivity index (χ3n) is 4.21. The second-order valence-corrected chi connectivity index (χ2v) is 5.76. The van der Waals surface area contributed by atoms with E-state index in [0.29, 0.717) is 13.2 Å². The van der Waals surface area contributed by atoms with Gasteiger partial charge in [0.15, 0.2) is 0 Å². The summed E-state index contributed by atoms with van der Waals surface area (Å²) in [7, 11) is 0. The van der Waals surface area contributed by atoms with Crippen molar-refractivity contribution in [3.63, 3.8) is 0 Å². The van der Waals surface area contributed by atoms with Crippen molar-refractivity contribution in [3.8, 4) is 0 Å². The Labute approximate surface area is 85.4 Å². The van der Waals surface area contributed by atoms with E-state index in [1.807, 2.05) is 0 Å². The van der Waals surface area contributed by atoms with Crippen LogP contribution in [0.4, 0.5) is 0 Å². The molecular formula is C11H20O3. The Morgan fingerprint density at radius 3 is 1.64 bits per heavy atom. The zero-order chi connectivity index (χ0) is 10.4. The highest BCUT2D eigenvalue weighted by Crippen LogP contribution is 2.59. The largest absolute Gasteiger partial charge is 0.396 e. The first-order chi connectivity index (χ1) is 6.47. The lowest BCUT2D eigenvalue weighted by atomic mass is 9.50. The number of aliphatic hydroxyl groups excluding tert-OH is 1. The summed E-state index contributed by atoms with van der Waals surface area (Å²) in [5.74, 6) is 0. The van der Waals surface area contributed by atoms with E-state index in [0.717, 1.165) is 13.2 Å². The van der Waals surface area contributed by atoms with Gasteiger partial charge in [0.2, 0.25) is 0 Å². The van der Waals surface area contributed by atoms with Crippen LogP contribution < -0.4 is 0 Å². The van der Waals surface area contributed by atoms with Crippen molar-refractivity contribution in [2.75, 3.05) is 33.0 Å². The minimum atomic E-state index is -0.0521. The second-order valence-electron chi connectivity index (χ2n) is 5.76. The summed E-state index contributed by atoms with van der Waals surface area (Å²) in [6.07, 6.45) is 0. The fraction of sp³-hybridized carbons (Fsp3) is 1.00. The molecule has 0 amide bonds. The zero-order valence-corrected chi connectivity index (χ0v) is 9.30. The maximum Gasteiger partial charge on any atom is 0.0574 e. The van der Waals surface area contributed by atoms with Crippen molar-refractivity contribution in [2.24, 2.45) is 16.2 Å². The molecule has 0 aromatic rings. The standard InChI is InChI=1S/C11H20O3/c1-9(2,3)11(7-14-8-11)10(4-12)5-13-6-10/h12H,4-8H2,1-3H3. The first kappa shape index (κ1) is 10.4. The van der Waals surface area contributed by atoms with Gasteiger partial charge in [0, 0.05) is 5.41 Å². The average molecular weight is 200 g/mol. The first-order valence-electron chi connectivity index (χ1n) is 5.24. The van der Waals surface area contributed by atoms with Crippen molar-refractivity contribution in [1.29, 1.82) is 0 Å². The van der Waals surface area contributed by atoms with Crippen LogP contribution in [0.2, 0.25) is 0 Å². The molecule has 2 saturated heterocycles. The first-order valence-corrected chi connectivity index (χ1v) is 5.24. The Bertz CT molecular complexity index is 216. The smallest absolute Gasteiger partial charge is 0.0574 e. The molecule has 82 valence electrons. The third-order valence-corrected chi connectivity index (χ3v) is 4.21. The van der Waals surface area contributed by atoms with Crippen LogP contribution in [0.3, 0.4) is 0 Å². The molecule has 0 aromatic heterocycles. The molecule has 2 heterocycles. The Kier molecular flexibility index (Phi) is 2.18. The number of hydrogen-bond donors (Lipinski definition) is 1. The molecule has 14 heavy (non-hydrogen) atoms. The average Bonchev–Trinajstić information content (AvgIpc) is 1.89. The monoisotopic (exact) mass is 200 g/mol. The van der Waals surface area contributed by atoms with Crippen molar-refractivity contribution in [2.45, 2.75) is 20.8 Å². The summed E-state index contributed by atoms with van der Waals surface area (Å²) < 4.78 is 10.7. The summed E-state index contributed by atoms with van der Waals surface area (Å²) >= 11 is 0. The van der Waals surface area contributed by atoms with E-state index in [1.165, 1.54) is 0 Å². The van der Waals surface area contributed by atoms with Crippen LogP contribution in [0.15, 0.2) is 0 Å². The fourth-order valence-electron chi connectivity index (χ4n) is 2.71. The lowest BCUT2D eigenvalue weighted by Gasteiger charge is -2.64. The van der Waals surface area contributed by atoms with Gasteiger partial charge in [-0.1, -0.05) is 20.8 Å². The Balaban J connectivity index is 2.27. The quantitative estimate of drug-likeness (QED) is 0.724. The zero-order valence-electron chi connectivity index (χ0n) is 9.30. The maximum atomic E-state index is 9.56. The summed E-state index contributed by atoms with van der Waals surface area (Å²) in [5.41, 5.74) is 0.217. The van der Waals surface area contributed by atoms with Gasteiger partial charge in [-0.2, -0.15) is 0 Å². The van der Waals surface area contributed by atoms with Crippen molar-refractivity contribution in [1.82, 2.24) is 0 Å². The lowest BCUT2D eigenvalue weighted by molar-refractivity contribution is -0.313. The predicted molar refractivity (Wildman–Crippen MR) is 53.0 cm³/mol.